The third-order valence-corrected chi connectivity index (χ3v) is 4.05. The lowest BCUT2D eigenvalue weighted by Gasteiger charge is -2.21. The van der Waals surface area contributed by atoms with Crippen molar-refractivity contribution < 1.29 is 36.6 Å². The summed E-state index contributed by atoms with van der Waals surface area (Å²) in [4.78, 5) is 12.1. The summed E-state index contributed by atoms with van der Waals surface area (Å²) in [6.07, 6.45) is -4.01. The number of aromatic nitrogens is 1. The van der Waals surface area contributed by atoms with Gasteiger partial charge in [0, 0.05) is 12.7 Å². The van der Waals surface area contributed by atoms with Crippen molar-refractivity contribution in [3.8, 4) is 0 Å². The maximum atomic E-state index is 12.3. The summed E-state index contributed by atoms with van der Waals surface area (Å²) in [5.41, 5.74) is -0.473. The molecule has 0 spiro atoms. The molecule has 7 nitrogen and oxygen atoms in total. The predicted molar refractivity (Wildman–Crippen MR) is 59.7 cm³/mol. The lowest BCUT2D eigenvalue weighted by atomic mass is 10.4. The van der Waals surface area contributed by atoms with E-state index in [1.807, 2.05) is 0 Å². The van der Waals surface area contributed by atoms with Gasteiger partial charge in [0.1, 0.15) is 17.1 Å². The molecule has 1 aromatic heterocycles. The molecule has 0 aliphatic rings. The molecule has 0 aromatic carbocycles. The number of aliphatic hydroxyl groups is 1. The van der Waals surface area contributed by atoms with E-state index < -0.39 is 52.5 Å². The van der Waals surface area contributed by atoms with E-state index in [4.69, 9.17) is 10.2 Å². The first-order valence-corrected chi connectivity index (χ1v) is 6.61. The fourth-order valence-electron chi connectivity index (χ4n) is 1.39. The Labute approximate surface area is 111 Å². The number of nitrogens with zero attached hydrogens (tertiary/aromatic N) is 1. The standard InChI is InChI=1S/C9H11F3N2O5S/c10-9(11,12)5-14(1-2-15)20(18,19)6-3-7(8(16)17)13-4-6/h3-4,13,15H,1-2,5H2,(H,16,17). The average molecular weight is 316 g/mol. The van der Waals surface area contributed by atoms with Gasteiger partial charge in [-0.05, 0) is 6.07 Å². The first kappa shape index (κ1) is 16.5. The van der Waals surface area contributed by atoms with Crippen LogP contribution in [0.3, 0.4) is 0 Å². The summed E-state index contributed by atoms with van der Waals surface area (Å²) < 4.78 is 60.9. The quantitative estimate of drug-likeness (QED) is 0.697. The monoisotopic (exact) mass is 316 g/mol. The Morgan fingerprint density at radius 1 is 1.40 bits per heavy atom. The van der Waals surface area contributed by atoms with Crippen molar-refractivity contribution in [1.82, 2.24) is 9.29 Å². The molecule has 0 fully saturated rings. The Kier molecular flexibility index (Phi) is 4.78. The number of carboxylic acid groups (broad SMARTS) is 1. The number of carboxylic acids is 1. The van der Waals surface area contributed by atoms with Gasteiger partial charge in [-0.1, -0.05) is 0 Å². The number of aliphatic hydroxyl groups excluding tert-OH is 1. The molecule has 0 radical (unpaired) electrons. The maximum Gasteiger partial charge on any atom is 0.402 e. The second-order valence-electron chi connectivity index (χ2n) is 3.73. The number of hydrogen-bond acceptors (Lipinski definition) is 4. The summed E-state index contributed by atoms with van der Waals surface area (Å²) in [6.45, 7) is -3.33. The Morgan fingerprint density at radius 2 is 2.00 bits per heavy atom. The van der Waals surface area contributed by atoms with Crippen molar-refractivity contribution in [3.05, 3.63) is 18.0 Å². The van der Waals surface area contributed by atoms with Gasteiger partial charge in [0.2, 0.25) is 10.0 Å². The van der Waals surface area contributed by atoms with Crippen LogP contribution in [0.5, 0.6) is 0 Å². The van der Waals surface area contributed by atoms with Gasteiger partial charge in [0.25, 0.3) is 0 Å². The summed E-state index contributed by atoms with van der Waals surface area (Å²) >= 11 is 0. The van der Waals surface area contributed by atoms with Crippen LogP contribution >= 0.6 is 0 Å². The van der Waals surface area contributed by atoms with E-state index in [9.17, 15) is 26.4 Å². The maximum absolute atomic E-state index is 12.3. The molecular formula is C9H11F3N2O5S. The third kappa shape index (κ3) is 3.95. The molecule has 1 aromatic rings. The van der Waals surface area contributed by atoms with Gasteiger partial charge in [-0.2, -0.15) is 17.5 Å². The van der Waals surface area contributed by atoms with E-state index in [0.29, 0.717) is 6.07 Å². The highest BCUT2D eigenvalue weighted by Crippen LogP contribution is 2.22. The molecule has 1 rings (SSSR count). The second-order valence-corrected chi connectivity index (χ2v) is 5.67. The Bertz CT molecular complexity index is 581. The molecule has 0 aliphatic heterocycles. The molecule has 0 amide bonds. The molecule has 1 heterocycles. The van der Waals surface area contributed by atoms with Gasteiger partial charge in [0.15, 0.2) is 0 Å². The van der Waals surface area contributed by atoms with Crippen molar-refractivity contribution in [3.63, 3.8) is 0 Å². The van der Waals surface area contributed by atoms with E-state index in [1.165, 1.54) is 0 Å². The van der Waals surface area contributed by atoms with Crippen LogP contribution in [0.4, 0.5) is 13.2 Å². The minimum absolute atomic E-state index is 0.0296. The molecule has 0 saturated heterocycles. The number of rotatable bonds is 6. The van der Waals surface area contributed by atoms with Crippen LogP contribution < -0.4 is 0 Å². The van der Waals surface area contributed by atoms with Gasteiger partial charge in [0.05, 0.1) is 6.61 Å². The molecule has 11 heteroatoms. The Morgan fingerprint density at radius 3 is 2.40 bits per heavy atom. The lowest BCUT2D eigenvalue weighted by molar-refractivity contribution is -0.136. The summed E-state index contributed by atoms with van der Waals surface area (Å²) in [7, 11) is -4.55. The number of halogens is 3. The van der Waals surface area contributed by atoms with E-state index in [-0.39, 0.29) is 4.31 Å². The first-order chi connectivity index (χ1) is 9.08. The van der Waals surface area contributed by atoms with Gasteiger partial charge in [-0.3, -0.25) is 0 Å². The topological polar surface area (TPSA) is 111 Å². The largest absolute Gasteiger partial charge is 0.477 e. The smallest absolute Gasteiger partial charge is 0.402 e. The van der Waals surface area contributed by atoms with Crippen molar-refractivity contribution in [1.29, 1.82) is 0 Å². The molecule has 0 bridgehead atoms. The highest BCUT2D eigenvalue weighted by molar-refractivity contribution is 7.89. The Balaban J connectivity index is 3.11. The van der Waals surface area contributed by atoms with Crippen LogP contribution in [0, 0.1) is 0 Å². The zero-order valence-electron chi connectivity index (χ0n) is 9.88. The molecule has 114 valence electrons. The average Bonchev–Trinajstić information content (AvgIpc) is 2.76. The fourth-order valence-corrected chi connectivity index (χ4v) is 2.80. The van der Waals surface area contributed by atoms with Crippen molar-refractivity contribution >= 4 is 16.0 Å². The molecule has 0 atom stereocenters. The number of H-pyrrole nitrogens is 1. The minimum Gasteiger partial charge on any atom is -0.477 e. The van der Waals surface area contributed by atoms with Crippen LogP contribution in [0.2, 0.25) is 0 Å². The van der Waals surface area contributed by atoms with Gasteiger partial charge in [-0.15, -0.1) is 0 Å². The van der Waals surface area contributed by atoms with E-state index in [1.54, 1.807) is 0 Å². The van der Waals surface area contributed by atoms with E-state index in [2.05, 4.69) is 4.98 Å². The molecule has 20 heavy (non-hydrogen) atoms. The van der Waals surface area contributed by atoms with Crippen LogP contribution in [0.25, 0.3) is 0 Å². The molecule has 0 aliphatic carbocycles. The zero-order chi connectivity index (χ0) is 15.6. The van der Waals surface area contributed by atoms with Crippen LogP contribution in [-0.2, 0) is 10.0 Å². The molecule has 0 saturated carbocycles. The van der Waals surface area contributed by atoms with Gasteiger partial charge < -0.3 is 15.2 Å². The molecular weight excluding hydrogens is 305 g/mol. The van der Waals surface area contributed by atoms with Crippen LogP contribution in [0.15, 0.2) is 17.2 Å². The van der Waals surface area contributed by atoms with Crippen molar-refractivity contribution in [2.75, 3.05) is 19.7 Å². The van der Waals surface area contributed by atoms with Gasteiger partial charge >= 0.3 is 12.1 Å². The lowest BCUT2D eigenvalue weighted by Crippen LogP contribution is -2.40. The minimum atomic E-state index is -4.78. The second kappa shape index (κ2) is 5.81. The summed E-state index contributed by atoms with van der Waals surface area (Å²) in [5, 5.41) is 17.3. The van der Waals surface area contributed by atoms with Crippen LogP contribution in [0.1, 0.15) is 10.5 Å². The van der Waals surface area contributed by atoms with Crippen LogP contribution in [-0.4, -0.2) is 59.8 Å². The SMILES string of the molecule is O=C(O)c1cc(S(=O)(=O)N(CCO)CC(F)(F)F)c[nH]1. The number of aromatic amines is 1. The van der Waals surface area contributed by atoms with E-state index >= 15 is 0 Å². The van der Waals surface area contributed by atoms with Crippen molar-refractivity contribution in [2.45, 2.75) is 11.1 Å². The number of aromatic carboxylic acids is 1. The predicted octanol–water partition coefficient (Wildman–Crippen LogP) is 0.258. The van der Waals surface area contributed by atoms with Crippen molar-refractivity contribution in [2.24, 2.45) is 0 Å². The zero-order valence-corrected chi connectivity index (χ0v) is 10.7. The number of alkyl halides is 3. The number of nitrogens with one attached hydrogen (secondary N) is 1. The summed E-state index contributed by atoms with van der Waals surface area (Å²) in [5.74, 6) is -1.45. The third-order valence-electron chi connectivity index (χ3n) is 2.23. The molecule has 0 unspecified atom stereocenters. The first-order valence-electron chi connectivity index (χ1n) is 5.17. The Hall–Kier alpha value is -1.59. The number of hydrogen-bond donors (Lipinski definition) is 3. The summed E-state index contributed by atoms with van der Waals surface area (Å²) in [6, 6.07) is 0.707. The van der Waals surface area contributed by atoms with E-state index in [0.717, 1.165) is 6.20 Å². The highest BCUT2D eigenvalue weighted by Gasteiger charge is 2.37. The normalized spacial score (nSPS) is 12.8. The fraction of sp³-hybridized carbons (Fsp3) is 0.444. The highest BCUT2D eigenvalue weighted by atomic mass is 32.2. The number of sulfonamides is 1. The van der Waals surface area contributed by atoms with Gasteiger partial charge in [-0.25, -0.2) is 13.2 Å². The molecule has 3 N–H and O–H groups in total. The number of carbonyl (C=O) groups is 1.